The fraction of sp³-hybridized carbons (Fsp3) is 0.0714. The number of halogens is 2. The summed E-state index contributed by atoms with van der Waals surface area (Å²) < 4.78 is 0. The van der Waals surface area contributed by atoms with Crippen LogP contribution in [0.25, 0.3) is 0 Å². The summed E-state index contributed by atoms with van der Waals surface area (Å²) in [6.07, 6.45) is -1.03. The normalized spacial score (nSPS) is 17.7. The summed E-state index contributed by atoms with van der Waals surface area (Å²) in [6, 6.07) is 11.7. The molecule has 0 bridgehead atoms. The number of aliphatic hydroxyl groups excluding tert-OH is 1. The summed E-state index contributed by atoms with van der Waals surface area (Å²) >= 11 is 11.8. The maximum Gasteiger partial charge on any atom is 0.262 e. The lowest BCUT2D eigenvalue weighted by molar-refractivity contribution is 0.0935. The first kappa shape index (κ1) is 12.5. The van der Waals surface area contributed by atoms with Crippen molar-refractivity contribution in [1.82, 2.24) is 0 Å². The molecule has 3 rings (SSSR count). The van der Waals surface area contributed by atoms with Crippen molar-refractivity contribution < 1.29 is 9.90 Å². The molecule has 5 heteroatoms. The average molecular weight is 294 g/mol. The molecule has 2 aromatic rings. The van der Waals surface area contributed by atoms with Gasteiger partial charge in [-0.25, -0.2) is 0 Å². The van der Waals surface area contributed by atoms with Crippen LogP contribution in [0.3, 0.4) is 0 Å². The van der Waals surface area contributed by atoms with Gasteiger partial charge in [0.15, 0.2) is 6.23 Å². The van der Waals surface area contributed by atoms with Crippen LogP contribution in [0.4, 0.5) is 5.69 Å². The Balaban J connectivity index is 2.10. The van der Waals surface area contributed by atoms with Crippen molar-refractivity contribution in [2.75, 3.05) is 4.90 Å². The van der Waals surface area contributed by atoms with Gasteiger partial charge in [0.05, 0.1) is 10.6 Å². The molecule has 1 unspecified atom stereocenters. The van der Waals surface area contributed by atoms with Crippen LogP contribution in [0.15, 0.2) is 42.5 Å². The molecule has 1 atom stereocenters. The molecule has 0 radical (unpaired) electrons. The topological polar surface area (TPSA) is 40.5 Å². The largest absolute Gasteiger partial charge is 0.369 e. The number of fused-ring (bicyclic) bond motifs is 1. The van der Waals surface area contributed by atoms with Gasteiger partial charge in [-0.1, -0.05) is 35.3 Å². The summed E-state index contributed by atoms with van der Waals surface area (Å²) in [6.45, 7) is 0. The monoisotopic (exact) mass is 293 g/mol. The number of amides is 1. The zero-order chi connectivity index (χ0) is 13.6. The van der Waals surface area contributed by atoms with Crippen LogP contribution >= 0.6 is 23.2 Å². The second-order valence-corrected chi connectivity index (χ2v) is 5.07. The van der Waals surface area contributed by atoms with Crippen LogP contribution in [0.2, 0.25) is 10.0 Å². The predicted molar refractivity (Wildman–Crippen MR) is 74.7 cm³/mol. The molecule has 19 heavy (non-hydrogen) atoms. The molecule has 0 saturated carbocycles. The molecule has 96 valence electrons. The Morgan fingerprint density at radius 2 is 1.74 bits per heavy atom. The van der Waals surface area contributed by atoms with Crippen LogP contribution in [0, 0.1) is 0 Å². The van der Waals surface area contributed by atoms with Crippen LogP contribution in [0.5, 0.6) is 0 Å². The third kappa shape index (κ3) is 1.91. The van der Waals surface area contributed by atoms with Gasteiger partial charge in [-0.15, -0.1) is 0 Å². The number of nitrogens with zero attached hydrogens (tertiary/aromatic N) is 1. The second-order valence-electron chi connectivity index (χ2n) is 4.23. The van der Waals surface area contributed by atoms with E-state index in [0.29, 0.717) is 26.9 Å². The van der Waals surface area contributed by atoms with Gasteiger partial charge in [-0.2, -0.15) is 0 Å². The van der Waals surface area contributed by atoms with Crippen molar-refractivity contribution in [3.8, 4) is 0 Å². The molecule has 1 aliphatic rings. The van der Waals surface area contributed by atoms with E-state index in [1.807, 2.05) is 0 Å². The molecule has 2 aromatic carbocycles. The van der Waals surface area contributed by atoms with Crippen molar-refractivity contribution in [1.29, 1.82) is 0 Å². The van der Waals surface area contributed by atoms with Crippen molar-refractivity contribution >= 4 is 34.8 Å². The number of hydrogen-bond donors (Lipinski definition) is 1. The van der Waals surface area contributed by atoms with E-state index < -0.39 is 6.23 Å². The summed E-state index contributed by atoms with van der Waals surface area (Å²) in [7, 11) is 0. The van der Waals surface area contributed by atoms with E-state index in [0.717, 1.165) is 0 Å². The van der Waals surface area contributed by atoms with Crippen molar-refractivity contribution in [2.45, 2.75) is 6.23 Å². The lowest BCUT2D eigenvalue weighted by Crippen LogP contribution is -2.27. The van der Waals surface area contributed by atoms with E-state index in [1.54, 1.807) is 42.5 Å². The van der Waals surface area contributed by atoms with E-state index >= 15 is 0 Å². The molecule has 0 spiro atoms. The Bertz CT molecular complexity index is 655. The first-order valence-electron chi connectivity index (χ1n) is 5.65. The maximum atomic E-state index is 12.4. The Kier molecular flexibility index (Phi) is 2.97. The molecule has 1 N–H and O–H groups in total. The van der Waals surface area contributed by atoms with Gasteiger partial charge >= 0.3 is 0 Å². The number of hydrogen-bond acceptors (Lipinski definition) is 2. The fourth-order valence-corrected chi connectivity index (χ4v) is 2.60. The average Bonchev–Trinajstić information content (AvgIpc) is 2.65. The summed E-state index contributed by atoms with van der Waals surface area (Å²) in [5.74, 6) is -0.310. The van der Waals surface area contributed by atoms with Gasteiger partial charge < -0.3 is 5.11 Å². The molecule has 0 aliphatic carbocycles. The molecular weight excluding hydrogens is 285 g/mol. The Morgan fingerprint density at radius 3 is 2.37 bits per heavy atom. The molecule has 0 saturated heterocycles. The SMILES string of the molecule is O=C1c2c(Cl)cccc2C(O)N1c1ccc(Cl)cc1. The van der Waals surface area contributed by atoms with E-state index in [9.17, 15) is 9.90 Å². The van der Waals surface area contributed by atoms with Gasteiger partial charge in [0.25, 0.3) is 5.91 Å². The summed E-state index contributed by atoms with van der Waals surface area (Å²) in [5, 5.41) is 11.2. The Hall–Kier alpha value is -1.55. The zero-order valence-corrected chi connectivity index (χ0v) is 11.2. The van der Waals surface area contributed by atoms with Crippen molar-refractivity contribution in [3.63, 3.8) is 0 Å². The first-order chi connectivity index (χ1) is 9.09. The van der Waals surface area contributed by atoms with E-state index in [1.165, 1.54) is 4.90 Å². The number of anilines is 1. The third-order valence-electron chi connectivity index (χ3n) is 3.11. The highest BCUT2D eigenvalue weighted by atomic mass is 35.5. The predicted octanol–water partition coefficient (Wildman–Crippen LogP) is 3.64. The quantitative estimate of drug-likeness (QED) is 0.872. The standard InChI is InChI=1S/C14H9Cl2NO2/c15-8-4-6-9(7-5-8)17-13(18)10-2-1-3-11(16)12(10)14(17)19/h1-7,13,18H. The lowest BCUT2D eigenvalue weighted by atomic mass is 10.1. The van der Waals surface area contributed by atoms with E-state index in [4.69, 9.17) is 23.2 Å². The van der Waals surface area contributed by atoms with Crippen LogP contribution in [-0.2, 0) is 0 Å². The van der Waals surface area contributed by atoms with Gasteiger partial charge in [0.2, 0.25) is 0 Å². The van der Waals surface area contributed by atoms with Crippen LogP contribution in [0.1, 0.15) is 22.1 Å². The fourth-order valence-electron chi connectivity index (χ4n) is 2.21. The number of carbonyl (C=O) groups excluding carboxylic acids is 1. The van der Waals surface area contributed by atoms with Gasteiger partial charge in [-0.3, -0.25) is 9.69 Å². The highest BCUT2D eigenvalue weighted by Crippen LogP contribution is 2.38. The number of carbonyl (C=O) groups is 1. The van der Waals surface area contributed by atoms with Crippen molar-refractivity contribution in [2.24, 2.45) is 0 Å². The molecule has 0 fully saturated rings. The Labute approximate surface area is 120 Å². The van der Waals surface area contributed by atoms with Gasteiger partial charge in [-0.05, 0) is 30.3 Å². The second kappa shape index (κ2) is 4.53. The summed E-state index contributed by atoms with van der Waals surface area (Å²) in [4.78, 5) is 13.7. The molecule has 3 nitrogen and oxygen atoms in total. The minimum absolute atomic E-state index is 0.310. The first-order valence-corrected chi connectivity index (χ1v) is 6.41. The van der Waals surface area contributed by atoms with E-state index in [-0.39, 0.29) is 5.91 Å². The molecule has 1 aliphatic heterocycles. The highest BCUT2D eigenvalue weighted by Gasteiger charge is 2.37. The smallest absolute Gasteiger partial charge is 0.262 e. The number of benzene rings is 2. The van der Waals surface area contributed by atoms with Gasteiger partial charge in [0.1, 0.15) is 0 Å². The third-order valence-corrected chi connectivity index (χ3v) is 3.67. The van der Waals surface area contributed by atoms with Gasteiger partial charge in [0, 0.05) is 16.3 Å². The zero-order valence-electron chi connectivity index (χ0n) is 9.68. The van der Waals surface area contributed by atoms with Crippen LogP contribution < -0.4 is 4.90 Å². The van der Waals surface area contributed by atoms with Crippen LogP contribution in [-0.4, -0.2) is 11.0 Å². The maximum absolute atomic E-state index is 12.4. The number of rotatable bonds is 1. The molecule has 1 heterocycles. The summed E-state index contributed by atoms with van der Waals surface area (Å²) in [5.41, 5.74) is 1.45. The minimum atomic E-state index is -1.03. The van der Waals surface area contributed by atoms with Crippen molar-refractivity contribution in [3.05, 3.63) is 63.6 Å². The molecule has 0 aromatic heterocycles. The minimum Gasteiger partial charge on any atom is -0.369 e. The van der Waals surface area contributed by atoms with E-state index in [2.05, 4.69) is 0 Å². The highest BCUT2D eigenvalue weighted by molar-refractivity contribution is 6.35. The lowest BCUT2D eigenvalue weighted by Gasteiger charge is -2.20. The Morgan fingerprint density at radius 1 is 1.05 bits per heavy atom. The molecular formula is C14H9Cl2NO2. The number of aliphatic hydroxyl groups is 1. The molecule has 1 amide bonds.